The Bertz CT molecular complexity index is 1700. The topological polar surface area (TPSA) is 85.9 Å². The average Bonchev–Trinajstić information content (AvgIpc) is 3.06. The van der Waals surface area contributed by atoms with E-state index in [2.05, 4.69) is 69.1 Å². The lowest BCUT2D eigenvalue weighted by Gasteiger charge is -2.40. The van der Waals surface area contributed by atoms with Crippen LogP contribution in [-0.4, -0.2) is 79.3 Å². The molecule has 3 aliphatic heterocycles. The molecular weight excluding hydrogens is 610 g/mol. The Morgan fingerprint density at radius 1 is 0.980 bits per heavy atom. The number of hydrogen-bond donors (Lipinski definition) is 3. The van der Waals surface area contributed by atoms with Crippen LogP contribution < -0.4 is 16.0 Å². The van der Waals surface area contributed by atoms with Crippen molar-refractivity contribution in [1.82, 2.24) is 20.4 Å². The fraction of sp³-hybridized carbons (Fsp3) is 0.512. The number of benzene rings is 3. The average molecular weight is 664 g/mol. The molecule has 3 heterocycles. The van der Waals surface area contributed by atoms with Crippen LogP contribution in [0.2, 0.25) is 0 Å². The molecule has 3 N–H and O–H groups in total. The summed E-state index contributed by atoms with van der Waals surface area (Å²) in [7, 11) is 0. The highest BCUT2D eigenvalue weighted by atomic mass is 16.6. The van der Waals surface area contributed by atoms with Gasteiger partial charge in [0, 0.05) is 42.4 Å². The molecule has 260 valence electrons. The summed E-state index contributed by atoms with van der Waals surface area (Å²) in [6.45, 7) is 16.6. The van der Waals surface area contributed by atoms with Crippen LogP contribution in [0, 0.1) is 30.6 Å². The Labute approximate surface area is 292 Å². The van der Waals surface area contributed by atoms with Crippen molar-refractivity contribution in [2.24, 2.45) is 11.8 Å². The molecule has 2 amide bonds. The van der Waals surface area contributed by atoms with Gasteiger partial charge in [-0.15, -0.1) is 0 Å². The van der Waals surface area contributed by atoms with Crippen LogP contribution in [0.3, 0.4) is 0 Å². The molecule has 3 saturated heterocycles. The highest BCUT2D eigenvalue weighted by Gasteiger charge is 2.34. The fourth-order valence-electron chi connectivity index (χ4n) is 7.27. The van der Waals surface area contributed by atoms with Gasteiger partial charge in [-0.1, -0.05) is 48.2 Å². The molecule has 0 aliphatic carbocycles. The number of carbonyl (C=O) groups excluding carboxylic acids is 2. The van der Waals surface area contributed by atoms with E-state index < -0.39 is 5.60 Å². The molecule has 8 nitrogen and oxygen atoms in total. The lowest BCUT2D eigenvalue weighted by Crippen LogP contribution is -2.57. The van der Waals surface area contributed by atoms with E-state index in [0.717, 1.165) is 78.1 Å². The number of aryl methyl sites for hydroxylation is 1. The van der Waals surface area contributed by atoms with Crippen LogP contribution in [0.5, 0.6) is 0 Å². The van der Waals surface area contributed by atoms with E-state index in [1.54, 1.807) is 4.90 Å². The number of anilines is 1. The molecule has 0 saturated carbocycles. The van der Waals surface area contributed by atoms with Crippen LogP contribution in [0.4, 0.5) is 10.5 Å². The SMILES string of the molecule is Cc1ccc(NC2CN(C(=O)OC(C)(C)C)C2)cc1C(=O)NC(C)c1ccc(C#CC2CCN(CC3CCNCC3)CC2)c2ccccc12. The maximum atomic E-state index is 13.6. The smallest absolute Gasteiger partial charge is 0.410 e. The summed E-state index contributed by atoms with van der Waals surface area (Å²) in [5, 5.41) is 12.4. The molecule has 3 aliphatic rings. The van der Waals surface area contributed by atoms with Crippen molar-refractivity contribution in [3.63, 3.8) is 0 Å². The van der Waals surface area contributed by atoms with E-state index in [1.165, 1.54) is 19.4 Å². The Kier molecular flexibility index (Phi) is 10.8. The number of fused-ring (bicyclic) bond motifs is 1. The van der Waals surface area contributed by atoms with E-state index >= 15 is 0 Å². The third kappa shape index (κ3) is 8.95. The van der Waals surface area contributed by atoms with Crippen molar-refractivity contribution in [1.29, 1.82) is 0 Å². The fourth-order valence-corrected chi connectivity index (χ4v) is 7.27. The first-order chi connectivity index (χ1) is 23.5. The molecule has 1 unspecified atom stereocenters. The van der Waals surface area contributed by atoms with Crippen molar-refractivity contribution >= 4 is 28.5 Å². The highest BCUT2D eigenvalue weighted by Crippen LogP contribution is 2.29. The predicted molar refractivity (Wildman–Crippen MR) is 198 cm³/mol. The Balaban J connectivity index is 1.07. The summed E-state index contributed by atoms with van der Waals surface area (Å²) in [4.78, 5) is 30.3. The van der Waals surface area contributed by atoms with Crippen molar-refractivity contribution in [2.75, 3.05) is 51.1 Å². The lowest BCUT2D eigenvalue weighted by atomic mass is 9.92. The molecule has 0 spiro atoms. The quantitative estimate of drug-likeness (QED) is 0.243. The van der Waals surface area contributed by atoms with Gasteiger partial charge in [0.2, 0.25) is 0 Å². The van der Waals surface area contributed by atoms with E-state index in [0.29, 0.717) is 24.6 Å². The number of nitrogens with one attached hydrogen (secondary N) is 3. The van der Waals surface area contributed by atoms with Gasteiger partial charge in [0.15, 0.2) is 0 Å². The zero-order valence-electron chi connectivity index (χ0n) is 29.9. The van der Waals surface area contributed by atoms with Crippen molar-refractivity contribution in [2.45, 2.75) is 78.0 Å². The molecule has 3 fully saturated rings. The van der Waals surface area contributed by atoms with Gasteiger partial charge in [-0.05, 0) is 132 Å². The molecule has 0 radical (unpaired) electrons. The van der Waals surface area contributed by atoms with Crippen molar-refractivity contribution < 1.29 is 14.3 Å². The summed E-state index contributed by atoms with van der Waals surface area (Å²) < 4.78 is 5.47. The third-order valence-electron chi connectivity index (χ3n) is 10.1. The number of nitrogens with zero attached hydrogens (tertiary/aromatic N) is 2. The highest BCUT2D eigenvalue weighted by molar-refractivity contribution is 5.97. The number of likely N-dealkylation sites (tertiary alicyclic amines) is 2. The van der Waals surface area contributed by atoms with Crippen LogP contribution >= 0.6 is 0 Å². The molecule has 49 heavy (non-hydrogen) atoms. The number of carbonyl (C=O) groups is 2. The van der Waals surface area contributed by atoms with Gasteiger partial charge in [0.1, 0.15) is 5.60 Å². The Hall–Kier alpha value is -4.06. The van der Waals surface area contributed by atoms with E-state index in [1.807, 2.05) is 52.8 Å². The molecule has 0 bridgehead atoms. The van der Waals surface area contributed by atoms with Crippen molar-refractivity contribution in [3.8, 4) is 11.8 Å². The van der Waals surface area contributed by atoms with Gasteiger partial charge in [-0.25, -0.2) is 4.79 Å². The molecule has 0 aromatic heterocycles. The van der Waals surface area contributed by atoms with Gasteiger partial charge >= 0.3 is 6.09 Å². The number of hydrogen-bond acceptors (Lipinski definition) is 6. The zero-order chi connectivity index (χ0) is 34.5. The zero-order valence-corrected chi connectivity index (χ0v) is 29.9. The maximum absolute atomic E-state index is 13.6. The summed E-state index contributed by atoms with van der Waals surface area (Å²) >= 11 is 0. The third-order valence-corrected chi connectivity index (χ3v) is 10.1. The number of ether oxygens (including phenoxy) is 1. The summed E-state index contributed by atoms with van der Waals surface area (Å²) in [5.41, 5.74) is 4.01. The Morgan fingerprint density at radius 2 is 1.69 bits per heavy atom. The van der Waals surface area contributed by atoms with Crippen LogP contribution in [0.15, 0.2) is 54.6 Å². The van der Waals surface area contributed by atoms with Crippen molar-refractivity contribution in [3.05, 3.63) is 76.9 Å². The van der Waals surface area contributed by atoms with Crippen LogP contribution in [0.1, 0.15) is 86.5 Å². The summed E-state index contributed by atoms with van der Waals surface area (Å²) in [5.74, 6) is 8.32. The number of piperidine rings is 2. The molecular formula is C41H53N5O3. The van der Waals surface area contributed by atoms with Gasteiger partial charge in [0.25, 0.3) is 5.91 Å². The van der Waals surface area contributed by atoms with Gasteiger partial charge in [-0.3, -0.25) is 4.79 Å². The first kappa shape index (κ1) is 34.8. The van der Waals surface area contributed by atoms with E-state index in [4.69, 9.17) is 4.74 Å². The number of amides is 2. The normalized spacial score (nSPS) is 18.7. The second-order valence-electron chi connectivity index (χ2n) is 15.2. The van der Waals surface area contributed by atoms with Gasteiger partial charge in [0.05, 0.1) is 12.1 Å². The first-order valence-electron chi connectivity index (χ1n) is 18.1. The van der Waals surface area contributed by atoms with Crippen LogP contribution in [-0.2, 0) is 4.74 Å². The van der Waals surface area contributed by atoms with E-state index in [9.17, 15) is 9.59 Å². The molecule has 3 aromatic carbocycles. The standard InChI is InChI=1S/C41H53N5O3/c1-28-10-14-33(44-34-26-46(27-34)40(48)49-41(3,4)5)24-38(28)39(47)43-29(2)35-15-13-32(36-8-6-7-9-37(35)36)12-11-30-18-22-45(23-19-30)25-31-16-20-42-21-17-31/h6-10,13-15,24,29-31,34,42,44H,16-23,25-27H2,1-5H3,(H,43,47). The minimum absolute atomic E-state index is 0.107. The van der Waals surface area contributed by atoms with Gasteiger partial charge < -0.3 is 30.5 Å². The minimum atomic E-state index is -0.516. The van der Waals surface area contributed by atoms with Crippen LogP contribution in [0.25, 0.3) is 10.8 Å². The second-order valence-corrected chi connectivity index (χ2v) is 15.2. The molecule has 8 heteroatoms. The van der Waals surface area contributed by atoms with Gasteiger partial charge in [-0.2, -0.15) is 0 Å². The predicted octanol–water partition coefficient (Wildman–Crippen LogP) is 6.73. The first-order valence-corrected chi connectivity index (χ1v) is 18.1. The lowest BCUT2D eigenvalue weighted by molar-refractivity contribution is 0.0105. The molecule has 1 atom stereocenters. The Morgan fingerprint density at radius 3 is 2.41 bits per heavy atom. The summed E-state index contributed by atoms with van der Waals surface area (Å²) in [6, 6.07) is 18.4. The monoisotopic (exact) mass is 663 g/mol. The second kappa shape index (κ2) is 15.2. The maximum Gasteiger partial charge on any atom is 0.410 e. The molecule has 6 rings (SSSR count). The minimum Gasteiger partial charge on any atom is -0.444 e. The number of rotatable bonds is 7. The largest absolute Gasteiger partial charge is 0.444 e. The molecule has 3 aromatic rings. The summed E-state index contributed by atoms with van der Waals surface area (Å²) in [6.07, 6.45) is 4.58. The van der Waals surface area contributed by atoms with E-state index in [-0.39, 0.29) is 24.1 Å².